The number of nitrogens with zero attached hydrogens (tertiary/aromatic N) is 1. The van der Waals surface area contributed by atoms with Gasteiger partial charge in [-0.05, 0) is 23.3 Å². The molecule has 1 aliphatic heterocycles. The van der Waals surface area contributed by atoms with Gasteiger partial charge in [-0.15, -0.1) is 0 Å². The second-order valence-electron chi connectivity index (χ2n) is 6.95. The van der Waals surface area contributed by atoms with Crippen molar-refractivity contribution in [2.45, 2.75) is 32.2 Å². The molecule has 1 aromatic carbocycles. The zero-order chi connectivity index (χ0) is 15.6. The Labute approximate surface area is 132 Å². The third kappa shape index (κ3) is 3.03. The lowest BCUT2D eigenvalue weighted by molar-refractivity contribution is -0.134. The molecule has 1 aliphatic carbocycles. The SMILES string of the molecule is CC1(C)[C@@H](NCC(=O)N2CCOCC2)C[C@@H]1c1ccccc1. The number of ether oxygens (including phenoxy) is 1. The summed E-state index contributed by atoms with van der Waals surface area (Å²) in [4.78, 5) is 14.1. The van der Waals surface area contributed by atoms with Crippen molar-refractivity contribution in [3.63, 3.8) is 0 Å². The number of amides is 1. The summed E-state index contributed by atoms with van der Waals surface area (Å²) in [5, 5.41) is 3.47. The molecule has 1 saturated carbocycles. The molecule has 2 atom stereocenters. The van der Waals surface area contributed by atoms with Crippen molar-refractivity contribution in [2.75, 3.05) is 32.8 Å². The molecule has 0 radical (unpaired) electrons. The summed E-state index contributed by atoms with van der Waals surface area (Å²) >= 11 is 0. The van der Waals surface area contributed by atoms with E-state index in [4.69, 9.17) is 4.74 Å². The van der Waals surface area contributed by atoms with Crippen LogP contribution in [-0.4, -0.2) is 49.7 Å². The number of nitrogens with one attached hydrogen (secondary N) is 1. The minimum absolute atomic E-state index is 0.187. The first kappa shape index (κ1) is 15.5. The molecule has 0 bridgehead atoms. The summed E-state index contributed by atoms with van der Waals surface area (Å²) in [6.07, 6.45) is 1.10. The maximum absolute atomic E-state index is 12.2. The molecule has 1 heterocycles. The van der Waals surface area contributed by atoms with Crippen LogP contribution in [0, 0.1) is 5.41 Å². The van der Waals surface area contributed by atoms with Crippen LogP contribution >= 0.6 is 0 Å². The molecule has 4 heteroatoms. The molecular formula is C18H26N2O2. The van der Waals surface area contributed by atoms with E-state index in [9.17, 15) is 4.79 Å². The van der Waals surface area contributed by atoms with E-state index in [0.29, 0.717) is 31.7 Å². The van der Waals surface area contributed by atoms with E-state index < -0.39 is 0 Å². The quantitative estimate of drug-likeness (QED) is 0.925. The van der Waals surface area contributed by atoms with Crippen LogP contribution in [0.3, 0.4) is 0 Å². The van der Waals surface area contributed by atoms with Crippen LogP contribution in [0.1, 0.15) is 31.7 Å². The van der Waals surface area contributed by atoms with Gasteiger partial charge in [0.05, 0.1) is 19.8 Å². The van der Waals surface area contributed by atoms with Gasteiger partial charge in [0.15, 0.2) is 0 Å². The van der Waals surface area contributed by atoms with Gasteiger partial charge in [0, 0.05) is 19.1 Å². The second kappa shape index (κ2) is 6.39. The van der Waals surface area contributed by atoms with Gasteiger partial charge in [-0.3, -0.25) is 4.79 Å². The number of carbonyl (C=O) groups is 1. The Hall–Kier alpha value is -1.39. The van der Waals surface area contributed by atoms with E-state index in [2.05, 4.69) is 49.5 Å². The topological polar surface area (TPSA) is 41.6 Å². The Morgan fingerprint density at radius 1 is 1.27 bits per heavy atom. The Morgan fingerprint density at radius 3 is 2.59 bits per heavy atom. The van der Waals surface area contributed by atoms with E-state index in [-0.39, 0.29) is 11.3 Å². The molecular weight excluding hydrogens is 276 g/mol. The molecule has 0 spiro atoms. The minimum atomic E-state index is 0.187. The van der Waals surface area contributed by atoms with Crippen molar-refractivity contribution in [3.05, 3.63) is 35.9 Å². The minimum Gasteiger partial charge on any atom is -0.378 e. The largest absolute Gasteiger partial charge is 0.378 e. The predicted molar refractivity (Wildman–Crippen MR) is 86.8 cm³/mol. The van der Waals surface area contributed by atoms with Crippen molar-refractivity contribution in [3.8, 4) is 0 Å². The number of hydrogen-bond donors (Lipinski definition) is 1. The van der Waals surface area contributed by atoms with Gasteiger partial charge in [0.25, 0.3) is 0 Å². The Bertz CT molecular complexity index is 509. The molecule has 1 aromatic rings. The summed E-state index contributed by atoms with van der Waals surface area (Å²) < 4.78 is 5.29. The molecule has 2 aliphatic rings. The zero-order valence-corrected chi connectivity index (χ0v) is 13.5. The Kier molecular flexibility index (Phi) is 4.50. The molecule has 1 amide bonds. The second-order valence-corrected chi connectivity index (χ2v) is 6.95. The average Bonchev–Trinajstić information content (AvgIpc) is 2.55. The lowest BCUT2D eigenvalue weighted by Crippen LogP contribution is -2.57. The van der Waals surface area contributed by atoms with Crippen LogP contribution in [-0.2, 0) is 9.53 Å². The molecule has 1 saturated heterocycles. The van der Waals surface area contributed by atoms with Crippen molar-refractivity contribution in [1.29, 1.82) is 0 Å². The van der Waals surface area contributed by atoms with Gasteiger partial charge in [-0.2, -0.15) is 0 Å². The number of hydrogen-bond acceptors (Lipinski definition) is 3. The van der Waals surface area contributed by atoms with E-state index >= 15 is 0 Å². The van der Waals surface area contributed by atoms with Crippen LogP contribution in [0.25, 0.3) is 0 Å². The fourth-order valence-corrected chi connectivity index (χ4v) is 3.66. The van der Waals surface area contributed by atoms with Gasteiger partial charge in [-0.1, -0.05) is 44.2 Å². The first-order valence-corrected chi connectivity index (χ1v) is 8.23. The number of benzene rings is 1. The number of carbonyl (C=O) groups excluding carboxylic acids is 1. The monoisotopic (exact) mass is 302 g/mol. The third-order valence-corrected chi connectivity index (χ3v) is 5.33. The molecule has 2 fully saturated rings. The lowest BCUT2D eigenvalue weighted by atomic mass is 9.56. The highest BCUT2D eigenvalue weighted by Crippen LogP contribution is 2.52. The maximum Gasteiger partial charge on any atom is 0.236 e. The van der Waals surface area contributed by atoms with E-state index in [1.54, 1.807) is 0 Å². The average molecular weight is 302 g/mol. The molecule has 22 heavy (non-hydrogen) atoms. The Morgan fingerprint density at radius 2 is 1.95 bits per heavy atom. The lowest BCUT2D eigenvalue weighted by Gasteiger charge is -2.53. The number of morpholine rings is 1. The molecule has 120 valence electrons. The van der Waals surface area contributed by atoms with Gasteiger partial charge in [-0.25, -0.2) is 0 Å². The fraction of sp³-hybridized carbons (Fsp3) is 0.611. The number of rotatable bonds is 4. The maximum atomic E-state index is 12.2. The van der Waals surface area contributed by atoms with Gasteiger partial charge in [0.1, 0.15) is 0 Å². The van der Waals surface area contributed by atoms with Crippen LogP contribution < -0.4 is 5.32 Å². The summed E-state index contributed by atoms with van der Waals surface area (Å²) in [6, 6.07) is 11.1. The smallest absolute Gasteiger partial charge is 0.236 e. The van der Waals surface area contributed by atoms with Gasteiger partial charge < -0.3 is 15.0 Å². The highest BCUT2D eigenvalue weighted by molar-refractivity contribution is 5.78. The first-order chi connectivity index (χ1) is 10.6. The van der Waals surface area contributed by atoms with Gasteiger partial charge >= 0.3 is 0 Å². The summed E-state index contributed by atoms with van der Waals surface area (Å²) in [6.45, 7) is 7.81. The van der Waals surface area contributed by atoms with Gasteiger partial charge in [0.2, 0.25) is 5.91 Å². The molecule has 4 nitrogen and oxygen atoms in total. The Balaban J connectivity index is 1.51. The summed E-state index contributed by atoms with van der Waals surface area (Å²) in [7, 11) is 0. The molecule has 0 aromatic heterocycles. The molecule has 1 N–H and O–H groups in total. The van der Waals surface area contributed by atoms with Crippen molar-refractivity contribution >= 4 is 5.91 Å². The van der Waals surface area contributed by atoms with Crippen LogP contribution in [0.2, 0.25) is 0 Å². The normalized spacial score (nSPS) is 27.3. The van der Waals surface area contributed by atoms with E-state index in [1.807, 2.05) is 4.90 Å². The summed E-state index contributed by atoms with van der Waals surface area (Å²) in [5.74, 6) is 0.770. The van der Waals surface area contributed by atoms with E-state index in [0.717, 1.165) is 19.5 Å². The van der Waals surface area contributed by atoms with Crippen molar-refractivity contribution in [1.82, 2.24) is 10.2 Å². The van der Waals surface area contributed by atoms with Crippen LogP contribution in [0.5, 0.6) is 0 Å². The van der Waals surface area contributed by atoms with Crippen LogP contribution in [0.15, 0.2) is 30.3 Å². The predicted octanol–water partition coefficient (Wildman–Crippen LogP) is 2.02. The van der Waals surface area contributed by atoms with Crippen LogP contribution in [0.4, 0.5) is 0 Å². The van der Waals surface area contributed by atoms with Crippen molar-refractivity contribution < 1.29 is 9.53 Å². The van der Waals surface area contributed by atoms with Crippen molar-refractivity contribution in [2.24, 2.45) is 5.41 Å². The highest BCUT2D eigenvalue weighted by Gasteiger charge is 2.48. The summed E-state index contributed by atoms with van der Waals surface area (Å²) in [5.41, 5.74) is 1.59. The first-order valence-electron chi connectivity index (χ1n) is 8.23. The standard InChI is InChI=1S/C18H26N2O2/c1-18(2)15(14-6-4-3-5-7-14)12-16(18)19-13-17(21)20-8-10-22-11-9-20/h3-7,15-16,19H,8-13H2,1-2H3/t15-,16+/m1/s1. The fourth-order valence-electron chi connectivity index (χ4n) is 3.66. The van der Waals surface area contributed by atoms with E-state index in [1.165, 1.54) is 5.56 Å². The molecule has 3 rings (SSSR count). The third-order valence-electron chi connectivity index (χ3n) is 5.33. The highest BCUT2D eigenvalue weighted by atomic mass is 16.5. The zero-order valence-electron chi connectivity index (χ0n) is 13.5. The molecule has 0 unspecified atom stereocenters.